The van der Waals surface area contributed by atoms with Gasteiger partial charge in [0.05, 0.1) is 13.2 Å². The van der Waals surface area contributed by atoms with Crippen molar-refractivity contribution in [1.29, 1.82) is 0 Å². The SMILES string of the molecule is C.C1CO1.CCC. The third kappa shape index (κ3) is 101. The van der Waals surface area contributed by atoms with Crippen LogP contribution < -0.4 is 0 Å². The summed E-state index contributed by atoms with van der Waals surface area (Å²) in [5.74, 6) is 0. The van der Waals surface area contributed by atoms with E-state index in [9.17, 15) is 0 Å². The lowest BCUT2D eigenvalue weighted by molar-refractivity contribution is 0.475. The predicted molar refractivity (Wildman–Crippen MR) is 33.5 cm³/mol. The predicted octanol–water partition coefficient (Wildman–Crippen LogP) is 2.07. The lowest BCUT2D eigenvalue weighted by Gasteiger charge is -1.48. The van der Waals surface area contributed by atoms with Gasteiger partial charge in [-0.1, -0.05) is 27.7 Å². The first-order chi connectivity index (χ1) is 2.91. The van der Waals surface area contributed by atoms with Crippen LogP contribution in [0.15, 0.2) is 0 Å². The van der Waals surface area contributed by atoms with Crippen LogP contribution in [0.5, 0.6) is 0 Å². The Morgan fingerprint density at radius 3 is 1.43 bits per heavy atom. The maximum Gasteiger partial charge on any atom is 0.0701 e. The molecule has 1 nitrogen and oxygen atoms in total. The first-order valence-corrected chi connectivity index (χ1v) is 2.49. The lowest BCUT2D eigenvalue weighted by atomic mass is 10.6. The first-order valence-electron chi connectivity index (χ1n) is 2.49. The van der Waals surface area contributed by atoms with Gasteiger partial charge in [0.25, 0.3) is 0 Å². The Labute approximate surface area is 46.7 Å². The van der Waals surface area contributed by atoms with Gasteiger partial charge in [-0.05, 0) is 0 Å². The quantitative estimate of drug-likeness (QED) is 0.428. The molecule has 0 bridgehead atoms. The highest BCUT2D eigenvalue weighted by molar-refractivity contribution is 4.36. The van der Waals surface area contributed by atoms with Crippen LogP contribution in [-0.4, -0.2) is 13.2 Å². The van der Waals surface area contributed by atoms with E-state index in [1.54, 1.807) is 0 Å². The van der Waals surface area contributed by atoms with Crippen LogP contribution >= 0.6 is 0 Å². The minimum absolute atomic E-state index is 0. The van der Waals surface area contributed by atoms with E-state index in [0.29, 0.717) is 0 Å². The van der Waals surface area contributed by atoms with Crippen molar-refractivity contribution in [3.8, 4) is 0 Å². The molecule has 1 rings (SSSR count). The molecule has 0 unspecified atom stereocenters. The van der Waals surface area contributed by atoms with E-state index in [4.69, 9.17) is 0 Å². The van der Waals surface area contributed by atoms with Gasteiger partial charge in [-0.3, -0.25) is 0 Å². The highest BCUT2D eigenvalue weighted by Gasteiger charge is 1.94. The average molecular weight is 104 g/mol. The molecule has 0 atom stereocenters. The fourth-order valence-electron chi connectivity index (χ4n) is 0. The highest BCUT2D eigenvalue weighted by Crippen LogP contribution is 1.84. The lowest BCUT2D eigenvalue weighted by Crippen LogP contribution is -1.27. The third-order valence-electron chi connectivity index (χ3n) is 0.204. The Morgan fingerprint density at radius 1 is 1.29 bits per heavy atom. The van der Waals surface area contributed by atoms with Crippen molar-refractivity contribution in [2.45, 2.75) is 27.7 Å². The topological polar surface area (TPSA) is 12.5 Å². The molecule has 1 heteroatoms. The van der Waals surface area contributed by atoms with Gasteiger partial charge in [0.1, 0.15) is 0 Å². The van der Waals surface area contributed by atoms with Crippen molar-refractivity contribution in [3.05, 3.63) is 0 Å². The summed E-state index contributed by atoms with van der Waals surface area (Å²) in [6, 6.07) is 0. The number of ether oxygens (including phenoxy) is 1. The Bertz CT molecular complexity index is 15.4. The molecule has 0 amide bonds. The smallest absolute Gasteiger partial charge is 0.0701 e. The molecule has 0 N–H and O–H groups in total. The van der Waals surface area contributed by atoms with E-state index >= 15 is 0 Å². The van der Waals surface area contributed by atoms with Crippen LogP contribution in [-0.2, 0) is 4.74 Å². The van der Waals surface area contributed by atoms with Gasteiger partial charge in [-0.15, -0.1) is 0 Å². The van der Waals surface area contributed by atoms with Crippen LogP contribution in [0.4, 0.5) is 0 Å². The zero-order valence-corrected chi connectivity index (χ0v) is 4.53. The number of epoxide rings is 1. The number of hydrogen-bond donors (Lipinski definition) is 0. The molecule has 0 aromatic rings. The van der Waals surface area contributed by atoms with Crippen LogP contribution in [0.25, 0.3) is 0 Å². The monoisotopic (exact) mass is 104 g/mol. The van der Waals surface area contributed by atoms with Gasteiger partial charge in [-0.2, -0.15) is 0 Å². The molecule has 46 valence electrons. The maximum atomic E-state index is 4.50. The Balaban J connectivity index is 0. The summed E-state index contributed by atoms with van der Waals surface area (Å²) in [7, 11) is 0. The third-order valence-corrected chi connectivity index (χ3v) is 0.204. The fraction of sp³-hybridized carbons (Fsp3) is 1.00. The highest BCUT2D eigenvalue weighted by atomic mass is 16.6. The normalized spacial score (nSPS) is 12.9. The van der Waals surface area contributed by atoms with Crippen LogP contribution in [0.2, 0.25) is 0 Å². The summed E-state index contributed by atoms with van der Waals surface area (Å²) in [5.41, 5.74) is 0. The molecule has 0 aromatic heterocycles. The van der Waals surface area contributed by atoms with Crippen LogP contribution in [0, 0.1) is 0 Å². The minimum Gasteiger partial charge on any atom is -0.377 e. The van der Waals surface area contributed by atoms with Crippen molar-refractivity contribution < 1.29 is 4.74 Å². The molecule has 7 heavy (non-hydrogen) atoms. The van der Waals surface area contributed by atoms with Crippen LogP contribution in [0.1, 0.15) is 27.7 Å². The van der Waals surface area contributed by atoms with E-state index in [-0.39, 0.29) is 7.43 Å². The average Bonchev–Trinajstić information content (AvgIpc) is 2.11. The van der Waals surface area contributed by atoms with Gasteiger partial charge in [0.15, 0.2) is 0 Å². The molecule has 0 radical (unpaired) electrons. The molecule has 1 saturated heterocycles. The summed E-state index contributed by atoms with van der Waals surface area (Å²) in [5, 5.41) is 0. The van der Waals surface area contributed by atoms with Crippen molar-refractivity contribution in [2.24, 2.45) is 0 Å². The zero-order valence-electron chi connectivity index (χ0n) is 4.53. The largest absolute Gasteiger partial charge is 0.377 e. The van der Waals surface area contributed by atoms with E-state index in [1.807, 2.05) is 0 Å². The summed E-state index contributed by atoms with van der Waals surface area (Å²) >= 11 is 0. The van der Waals surface area contributed by atoms with Crippen molar-refractivity contribution in [1.82, 2.24) is 0 Å². The van der Waals surface area contributed by atoms with Gasteiger partial charge >= 0.3 is 0 Å². The second-order valence-electron chi connectivity index (χ2n) is 1.32. The molecular weight excluding hydrogens is 88.1 g/mol. The van der Waals surface area contributed by atoms with Crippen molar-refractivity contribution in [3.63, 3.8) is 0 Å². The van der Waals surface area contributed by atoms with Gasteiger partial charge in [0.2, 0.25) is 0 Å². The summed E-state index contributed by atoms with van der Waals surface area (Å²) in [6.07, 6.45) is 1.25. The Hall–Kier alpha value is -0.0400. The molecule has 1 heterocycles. The van der Waals surface area contributed by atoms with E-state index < -0.39 is 0 Å². The van der Waals surface area contributed by atoms with E-state index in [0.717, 1.165) is 13.2 Å². The molecule has 1 aliphatic heterocycles. The Morgan fingerprint density at radius 2 is 1.43 bits per heavy atom. The van der Waals surface area contributed by atoms with E-state index in [1.165, 1.54) is 6.42 Å². The van der Waals surface area contributed by atoms with Crippen molar-refractivity contribution >= 4 is 0 Å². The molecular formula is C6H16O. The van der Waals surface area contributed by atoms with Gasteiger partial charge in [0, 0.05) is 0 Å². The first kappa shape index (κ1) is 10.0. The second-order valence-corrected chi connectivity index (χ2v) is 1.32. The molecule has 1 fully saturated rings. The van der Waals surface area contributed by atoms with Gasteiger partial charge < -0.3 is 4.74 Å². The molecule has 0 saturated carbocycles. The van der Waals surface area contributed by atoms with E-state index in [2.05, 4.69) is 18.6 Å². The maximum absolute atomic E-state index is 4.50. The number of hydrogen-bond acceptors (Lipinski definition) is 1. The summed E-state index contributed by atoms with van der Waals surface area (Å²) in [4.78, 5) is 0. The molecule has 0 aromatic carbocycles. The minimum atomic E-state index is 0. The van der Waals surface area contributed by atoms with Crippen molar-refractivity contribution in [2.75, 3.05) is 13.2 Å². The number of rotatable bonds is 0. The fourth-order valence-corrected chi connectivity index (χ4v) is 0. The molecule has 0 spiro atoms. The van der Waals surface area contributed by atoms with Crippen LogP contribution in [0.3, 0.4) is 0 Å². The summed E-state index contributed by atoms with van der Waals surface area (Å²) < 4.78 is 4.50. The molecule has 1 aliphatic rings. The standard InChI is InChI=1S/C3H8.C2H4O.CH4/c1-3-2;1-2-3-1;/h3H2,1-2H3;1-2H2;1H4. The van der Waals surface area contributed by atoms with Gasteiger partial charge in [-0.25, -0.2) is 0 Å². The Kier molecular flexibility index (Phi) is 13.4. The zero-order chi connectivity index (χ0) is 4.83. The summed E-state index contributed by atoms with van der Waals surface area (Å²) in [6.45, 7) is 6.25. The second kappa shape index (κ2) is 9.35. The molecule has 0 aliphatic carbocycles.